The topological polar surface area (TPSA) is 244 Å². The van der Waals surface area contributed by atoms with E-state index in [9.17, 15) is 30.6 Å². The Labute approximate surface area is 361 Å². The second kappa shape index (κ2) is 37.0. The summed E-state index contributed by atoms with van der Waals surface area (Å²) in [6, 6.07) is 29.6. The predicted molar refractivity (Wildman–Crippen MR) is 201 cm³/mol. The molecular weight excluding hydrogens is 784 g/mol. The Morgan fingerprint density at radius 1 is 0.286 bits per heavy atom. The van der Waals surface area contributed by atoms with E-state index >= 15 is 0 Å². The SMILES string of the molecule is C[N-]C.C[N-]C.Cc1cccc([O-])n1.Cc1cccc([O-])n1.Cc1cccc([O-])n1.Cc1cccc([O-])n1.Cc1cccc([O-])n1.Cc1cccc([O-])n1.[Ti+4].[Ti+4]. The van der Waals surface area contributed by atoms with Gasteiger partial charge in [-0.2, -0.15) is 28.2 Å². The maximum Gasteiger partial charge on any atom is 4.00 e. The molecule has 0 aliphatic carbocycles. The van der Waals surface area contributed by atoms with Gasteiger partial charge in [-0.25, -0.2) is 0 Å². The number of rotatable bonds is 0. The number of hydrogen-bond acceptors (Lipinski definition) is 12. The van der Waals surface area contributed by atoms with Gasteiger partial charge in [-0.15, -0.1) is 0 Å². The number of nitrogens with zero attached hydrogens (tertiary/aromatic N) is 8. The van der Waals surface area contributed by atoms with Gasteiger partial charge in [-0.1, -0.05) is 72.8 Å². The zero-order valence-electron chi connectivity index (χ0n) is 33.4. The summed E-state index contributed by atoms with van der Waals surface area (Å²) >= 11 is 0. The molecule has 0 saturated carbocycles. The fourth-order valence-corrected chi connectivity index (χ4v) is 3.11. The van der Waals surface area contributed by atoms with E-state index in [1.54, 1.807) is 143 Å². The van der Waals surface area contributed by atoms with Crippen LogP contribution < -0.4 is 30.6 Å². The third-order valence-electron chi connectivity index (χ3n) is 5.18. The van der Waals surface area contributed by atoms with Crippen LogP contribution in [0.15, 0.2) is 109 Å². The summed E-state index contributed by atoms with van der Waals surface area (Å²) in [6.45, 7) is 10.8. The van der Waals surface area contributed by atoms with Crippen molar-refractivity contribution in [1.82, 2.24) is 29.9 Å². The van der Waals surface area contributed by atoms with Gasteiger partial charge in [0.1, 0.15) is 0 Å². The van der Waals surface area contributed by atoms with Gasteiger partial charge in [0.2, 0.25) is 0 Å². The Morgan fingerprint density at radius 3 is 0.446 bits per heavy atom. The summed E-state index contributed by atoms with van der Waals surface area (Å²) in [7, 11) is 7.00. The summed E-state index contributed by atoms with van der Waals surface area (Å²) in [5.41, 5.74) is 4.65. The summed E-state index contributed by atoms with van der Waals surface area (Å²) in [5.74, 6) is -0.972. The molecule has 0 atom stereocenters. The maximum absolute atomic E-state index is 10.4. The molecule has 0 N–H and O–H groups in total. The van der Waals surface area contributed by atoms with Crippen molar-refractivity contribution < 1.29 is 74.1 Å². The van der Waals surface area contributed by atoms with Crippen LogP contribution in [0.3, 0.4) is 0 Å². The Kier molecular flexibility index (Phi) is 38.2. The summed E-state index contributed by atoms with van der Waals surface area (Å²) in [5, 5.41) is 69.3. The van der Waals surface area contributed by atoms with Crippen molar-refractivity contribution in [3.05, 3.63) is 154 Å². The number of hydrogen-bond donors (Lipinski definition) is 0. The second-order valence-corrected chi connectivity index (χ2v) is 10.6. The van der Waals surface area contributed by atoms with Crippen molar-refractivity contribution in [3.8, 4) is 35.3 Å². The van der Waals surface area contributed by atoms with Gasteiger partial charge in [0.05, 0.1) is 0 Å². The molecule has 0 aromatic carbocycles. The Balaban J connectivity index is -0.000000280. The molecular formula is C40H48N8O6Ti2. The van der Waals surface area contributed by atoms with E-state index in [4.69, 9.17) is 0 Å². The van der Waals surface area contributed by atoms with Gasteiger partial charge >= 0.3 is 43.4 Å². The number of pyridine rings is 6. The van der Waals surface area contributed by atoms with Gasteiger partial charge in [-0.3, -0.25) is 29.9 Å². The maximum atomic E-state index is 10.4. The van der Waals surface area contributed by atoms with Crippen LogP contribution in [-0.2, 0) is 43.4 Å². The molecule has 0 fully saturated rings. The van der Waals surface area contributed by atoms with E-state index in [0.717, 1.165) is 34.2 Å². The van der Waals surface area contributed by atoms with E-state index in [1.165, 1.54) is 36.4 Å². The van der Waals surface area contributed by atoms with Crippen molar-refractivity contribution in [2.75, 3.05) is 28.2 Å². The molecule has 56 heavy (non-hydrogen) atoms. The molecule has 0 unspecified atom stereocenters. The van der Waals surface area contributed by atoms with Crippen molar-refractivity contribution in [2.45, 2.75) is 41.5 Å². The molecule has 6 heterocycles. The largest absolute Gasteiger partial charge is 4.00 e. The van der Waals surface area contributed by atoms with E-state index in [2.05, 4.69) is 40.5 Å². The molecule has 292 valence electrons. The molecule has 0 aliphatic rings. The molecule has 6 aromatic heterocycles. The third-order valence-corrected chi connectivity index (χ3v) is 5.18. The molecule has 0 saturated heterocycles. The predicted octanol–water partition coefficient (Wildman–Crippen LogP) is 4.02. The minimum atomic E-state index is -0.162. The normalized spacial score (nSPS) is 8.46. The standard InChI is InChI=1S/6C6H7NO.2C2H6N.2Ti/c6*1-5-3-2-4-6(8)7-5;2*1-3-2;;/h6*2-4H,1H3,(H,7,8);2*1-2H3;;/q;;;;;;2*-1;2*+4/p-6. The summed E-state index contributed by atoms with van der Waals surface area (Å²) < 4.78 is 0. The Hall–Kier alpha value is -4.95. The fraction of sp³-hybridized carbons (Fsp3) is 0.250. The van der Waals surface area contributed by atoms with Crippen LogP contribution in [-0.4, -0.2) is 58.1 Å². The zero-order chi connectivity index (χ0) is 41.3. The molecule has 0 spiro atoms. The average Bonchev–Trinajstić information content (AvgIpc) is 3.06. The molecule has 0 amide bonds. The quantitative estimate of drug-likeness (QED) is 0.197. The summed E-state index contributed by atoms with van der Waals surface area (Å²) in [4.78, 5) is 21.7. The summed E-state index contributed by atoms with van der Waals surface area (Å²) in [6.07, 6.45) is 0. The van der Waals surface area contributed by atoms with Crippen LogP contribution >= 0.6 is 0 Å². The first-order valence-electron chi connectivity index (χ1n) is 16.2. The van der Waals surface area contributed by atoms with Crippen LogP contribution in [0.1, 0.15) is 34.2 Å². The van der Waals surface area contributed by atoms with Crippen LogP contribution in [0, 0.1) is 41.5 Å². The molecule has 6 aromatic rings. The van der Waals surface area contributed by atoms with Gasteiger partial charge in [0, 0.05) is 34.2 Å². The van der Waals surface area contributed by atoms with Crippen molar-refractivity contribution >= 4 is 0 Å². The minimum Gasteiger partial charge on any atom is -0.859 e. The molecule has 0 radical (unpaired) electrons. The zero-order valence-corrected chi connectivity index (χ0v) is 36.5. The first-order chi connectivity index (χ1) is 25.6. The van der Waals surface area contributed by atoms with E-state index in [0.29, 0.717) is 0 Å². The fourth-order valence-electron chi connectivity index (χ4n) is 3.11. The Bertz CT molecular complexity index is 1400. The average molecular weight is 833 g/mol. The van der Waals surface area contributed by atoms with Crippen molar-refractivity contribution in [1.29, 1.82) is 0 Å². The van der Waals surface area contributed by atoms with Crippen LogP contribution in [0.25, 0.3) is 10.6 Å². The van der Waals surface area contributed by atoms with Gasteiger partial charge < -0.3 is 41.3 Å². The van der Waals surface area contributed by atoms with E-state index in [1.807, 2.05) is 0 Å². The first-order valence-corrected chi connectivity index (χ1v) is 16.2. The molecule has 14 nitrogen and oxygen atoms in total. The van der Waals surface area contributed by atoms with E-state index in [-0.39, 0.29) is 78.7 Å². The van der Waals surface area contributed by atoms with Crippen molar-refractivity contribution in [2.24, 2.45) is 0 Å². The van der Waals surface area contributed by atoms with Gasteiger partial charge in [-0.05, 0) is 113 Å². The molecule has 0 bridgehead atoms. The molecule has 0 aliphatic heterocycles. The van der Waals surface area contributed by atoms with Crippen LogP contribution in [0.5, 0.6) is 35.3 Å². The first kappa shape index (κ1) is 57.8. The van der Waals surface area contributed by atoms with Gasteiger partial charge in [0.15, 0.2) is 0 Å². The molecule has 16 heteroatoms. The van der Waals surface area contributed by atoms with Crippen LogP contribution in [0.2, 0.25) is 0 Å². The van der Waals surface area contributed by atoms with Crippen molar-refractivity contribution in [3.63, 3.8) is 0 Å². The second-order valence-electron chi connectivity index (χ2n) is 10.6. The monoisotopic (exact) mass is 832 g/mol. The van der Waals surface area contributed by atoms with Crippen LogP contribution in [0.4, 0.5) is 0 Å². The minimum absolute atomic E-state index is 0. The Morgan fingerprint density at radius 2 is 0.393 bits per heavy atom. The number of aromatic nitrogens is 6. The smallest absolute Gasteiger partial charge is 0.859 e. The molecule has 6 rings (SSSR count). The van der Waals surface area contributed by atoms with Gasteiger partial charge in [0.25, 0.3) is 0 Å². The number of aryl methyl sites for hydroxylation is 6. The van der Waals surface area contributed by atoms with E-state index < -0.39 is 0 Å². The third kappa shape index (κ3) is 37.4.